The van der Waals surface area contributed by atoms with Gasteiger partial charge in [0.25, 0.3) is 0 Å². The van der Waals surface area contributed by atoms with E-state index in [1.165, 1.54) is 16.7 Å². The molecule has 0 N–H and O–H groups in total. The Bertz CT molecular complexity index is 1160. The SMILES string of the molecule is Cc1cn(-c2ccc(/C=C3\CCCN([C@H]4CCc5ccccc5C4)C3=O)cc2C)cn1. The fourth-order valence-electron chi connectivity index (χ4n) is 5.07. The predicted octanol–water partition coefficient (Wildman–Crippen LogP) is 5.05. The van der Waals surface area contributed by atoms with Crippen molar-refractivity contribution in [1.29, 1.82) is 0 Å². The maximum absolute atomic E-state index is 13.4. The van der Waals surface area contributed by atoms with Gasteiger partial charge in [-0.05, 0) is 86.4 Å². The van der Waals surface area contributed by atoms with Crippen molar-refractivity contribution in [3.63, 3.8) is 0 Å². The second kappa shape index (κ2) is 8.18. The van der Waals surface area contributed by atoms with E-state index < -0.39 is 0 Å². The zero-order valence-corrected chi connectivity index (χ0v) is 18.3. The lowest BCUT2D eigenvalue weighted by Crippen LogP contribution is -2.46. The number of hydrogen-bond donors (Lipinski definition) is 0. The number of piperidine rings is 1. The van der Waals surface area contributed by atoms with Crippen molar-refractivity contribution in [2.75, 3.05) is 6.54 Å². The maximum Gasteiger partial charge on any atom is 0.250 e. The third-order valence-corrected chi connectivity index (χ3v) is 6.69. The van der Waals surface area contributed by atoms with Crippen LogP contribution < -0.4 is 0 Å². The van der Waals surface area contributed by atoms with Gasteiger partial charge in [0.2, 0.25) is 5.91 Å². The summed E-state index contributed by atoms with van der Waals surface area (Å²) >= 11 is 0. The number of benzene rings is 2. The van der Waals surface area contributed by atoms with Gasteiger partial charge in [0.15, 0.2) is 0 Å². The number of aryl methyl sites for hydroxylation is 3. The van der Waals surface area contributed by atoms with Gasteiger partial charge in [0.05, 0.1) is 12.0 Å². The van der Waals surface area contributed by atoms with Crippen LogP contribution in [-0.4, -0.2) is 32.9 Å². The average molecular weight is 412 g/mol. The highest BCUT2D eigenvalue weighted by atomic mass is 16.2. The maximum atomic E-state index is 13.4. The normalized spacial score (nSPS) is 20.2. The van der Waals surface area contributed by atoms with Crippen molar-refractivity contribution < 1.29 is 4.79 Å². The van der Waals surface area contributed by atoms with Gasteiger partial charge in [-0.1, -0.05) is 30.3 Å². The molecule has 1 atom stereocenters. The van der Waals surface area contributed by atoms with Crippen LogP contribution in [0.2, 0.25) is 0 Å². The quantitative estimate of drug-likeness (QED) is 0.566. The van der Waals surface area contributed by atoms with Gasteiger partial charge in [0, 0.05) is 30.0 Å². The second-order valence-electron chi connectivity index (χ2n) is 8.91. The minimum absolute atomic E-state index is 0.225. The molecule has 2 heterocycles. The molecular weight excluding hydrogens is 382 g/mol. The molecule has 0 spiro atoms. The number of rotatable bonds is 3. The topological polar surface area (TPSA) is 38.1 Å². The molecule has 1 saturated heterocycles. The van der Waals surface area contributed by atoms with Gasteiger partial charge in [-0.25, -0.2) is 4.98 Å². The Morgan fingerprint density at radius 2 is 1.90 bits per heavy atom. The first-order chi connectivity index (χ1) is 15.1. The van der Waals surface area contributed by atoms with E-state index in [1.807, 2.05) is 19.4 Å². The van der Waals surface area contributed by atoms with Crippen LogP contribution in [0, 0.1) is 13.8 Å². The van der Waals surface area contributed by atoms with Gasteiger partial charge in [-0.2, -0.15) is 0 Å². The Morgan fingerprint density at radius 3 is 2.68 bits per heavy atom. The molecule has 0 radical (unpaired) electrons. The number of nitrogens with zero attached hydrogens (tertiary/aromatic N) is 3. The Balaban J connectivity index is 1.36. The lowest BCUT2D eigenvalue weighted by molar-refractivity contribution is -0.131. The lowest BCUT2D eigenvalue weighted by atomic mass is 9.86. The zero-order chi connectivity index (χ0) is 21.4. The number of fused-ring (bicyclic) bond motifs is 1. The molecule has 1 aliphatic heterocycles. The Morgan fingerprint density at radius 1 is 1.06 bits per heavy atom. The number of amides is 1. The number of carbonyl (C=O) groups is 1. The van der Waals surface area contributed by atoms with Crippen LogP contribution in [0.5, 0.6) is 0 Å². The van der Waals surface area contributed by atoms with Crippen LogP contribution in [0.4, 0.5) is 0 Å². The summed E-state index contributed by atoms with van der Waals surface area (Å²) in [6.07, 6.45) is 11.0. The summed E-state index contributed by atoms with van der Waals surface area (Å²) < 4.78 is 2.05. The van der Waals surface area contributed by atoms with Crippen molar-refractivity contribution in [3.8, 4) is 5.69 Å². The summed E-state index contributed by atoms with van der Waals surface area (Å²) in [7, 11) is 0. The van der Waals surface area contributed by atoms with Gasteiger partial charge in [0.1, 0.15) is 0 Å². The number of carbonyl (C=O) groups excluding carboxylic acids is 1. The molecule has 4 nitrogen and oxygen atoms in total. The summed E-state index contributed by atoms with van der Waals surface area (Å²) in [6, 6.07) is 15.4. The van der Waals surface area contributed by atoms with E-state index in [2.05, 4.69) is 69.9 Å². The molecule has 2 aromatic carbocycles. The van der Waals surface area contributed by atoms with Crippen LogP contribution in [0.3, 0.4) is 0 Å². The van der Waals surface area contributed by atoms with Crippen molar-refractivity contribution in [3.05, 3.63) is 88.5 Å². The number of aromatic nitrogens is 2. The minimum Gasteiger partial charge on any atom is -0.336 e. The Labute approximate surface area is 184 Å². The molecule has 1 aromatic heterocycles. The highest BCUT2D eigenvalue weighted by Gasteiger charge is 2.31. The second-order valence-corrected chi connectivity index (χ2v) is 8.91. The van der Waals surface area contributed by atoms with Crippen LogP contribution >= 0.6 is 0 Å². The van der Waals surface area contributed by atoms with E-state index >= 15 is 0 Å². The van der Waals surface area contributed by atoms with Crippen LogP contribution in [0.15, 0.2) is 60.6 Å². The third kappa shape index (κ3) is 3.95. The number of likely N-dealkylation sites (tertiary alicyclic amines) is 1. The first-order valence-corrected chi connectivity index (χ1v) is 11.3. The fourth-order valence-corrected chi connectivity index (χ4v) is 5.07. The standard InChI is InChI=1S/C27H29N3O/c1-19-14-21(9-12-26(19)29-17-20(2)28-18-29)15-24-8-5-13-30(27(24)31)25-11-10-22-6-3-4-7-23(22)16-25/h3-4,6-7,9,12,14-15,17-18,25H,5,8,10-11,13,16H2,1-2H3/b24-15+/t25-/m0/s1. The Hall–Kier alpha value is -3.14. The molecule has 3 aromatic rings. The zero-order valence-electron chi connectivity index (χ0n) is 18.3. The summed E-state index contributed by atoms with van der Waals surface area (Å²) in [5.74, 6) is 0.225. The summed E-state index contributed by atoms with van der Waals surface area (Å²) in [6.45, 7) is 4.98. The number of hydrogen-bond acceptors (Lipinski definition) is 2. The predicted molar refractivity (Wildman–Crippen MR) is 124 cm³/mol. The van der Waals surface area contributed by atoms with E-state index in [0.29, 0.717) is 6.04 Å². The highest BCUT2D eigenvalue weighted by molar-refractivity contribution is 5.98. The van der Waals surface area contributed by atoms with Gasteiger partial charge < -0.3 is 9.47 Å². The van der Waals surface area contributed by atoms with Gasteiger partial charge in [-0.15, -0.1) is 0 Å². The lowest BCUT2D eigenvalue weighted by Gasteiger charge is -2.38. The molecule has 1 amide bonds. The molecule has 0 bridgehead atoms. The van der Waals surface area contributed by atoms with E-state index in [0.717, 1.165) is 61.2 Å². The molecule has 2 aliphatic rings. The molecule has 4 heteroatoms. The smallest absolute Gasteiger partial charge is 0.250 e. The van der Waals surface area contributed by atoms with Crippen molar-refractivity contribution in [2.24, 2.45) is 0 Å². The number of imidazole rings is 1. The first-order valence-electron chi connectivity index (χ1n) is 11.3. The first kappa shape index (κ1) is 19.8. The van der Waals surface area contributed by atoms with E-state index in [-0.39, 0.29) is 5.91 Å². The van der Waals surface area contributed by atoms with Crippen LogP contribution in [0.1, 0.15) is 47.2 Å². The molecule has 158 valence electrons. The van der Waals surface area contributed by atoms with Crippen LogP contribution in [-0.2, 0) is 17.6 Å². The van der Waals surface area contributed by atoms with Crippen molar-refractivity contribution in [1.82, 2.24) is 14.5 Å². The van der Waals surface area contributed by atoms with E-state index in [4.69, 9.17) is 0 Å². The molecule has 5 rings (SSSR count). The summed E-state index contributed by atoms with van der Waals surface area (Å²) in [5, 5.41) is 0. The summed E-state index contributed by atoms with van der Waals surface area (Å²) in [4.78, 5) is 19.8. The van der Waals surface area contributed by atoms with Crippen LogP contribution in [0.25, 0.3) is 11.8 Å². The molecule has 31 heavy (non-hydrogen) atoms. The van der Waals surface area contributed by atoms with E-state index in [9.17, 15) is 4.79 Å². The van der Waals surface area contributed by atoms with Crippen molar-refractivity contribution >= 4 is 12.0 Å². The minimum atomic E-state index is 0.225. The molecule has 1 aliphatic carbocycles. The van der Waals surface area contributed by atoms with Gasteiger partial charge >= 0.3 is 0 Å². The average Bonchev–Trinajstić information content (AvgIpc) is 3.21. The Kier molecular flexibility index (Phi) is 5.23. The highest BCUT2D eigenvalue weighted by Crippen LogP contribution is 2.29. The molecule has 0 saturated carbocycles. The van der Waals surface area contributed by atoms with E-state index in [1.54, 1.807) is 0 Å². The summed E-state index contributed by atoms with van der Waals surface area (Å²) in [5.41, 5.74) is 8.19. The molecule has 1 fully saturated rings. The molecular formula is C27H29N3O. The largest absolute Gasteiger partial charge is 0.336 e. The van der Waals surface area contributed by atoms with Crippen molar-refractivity contribution in [2.45, 2.75) is 52.0 Å². The third-order valence-electron chi connectivity index (χ3n) is 6.69. The van der Waals surface area contributed by atoms with Gasteiger partial charge in [-0.3, -0.25) is 4.79 Å². The fraction of sp³-hybridized carbons (Fsp3) is 0.333. The monoisotopic (exact) mass is 411 g/mol. The molecule has 0 unspecified atom stereocenters.